The van der Waals surface area contributed by atoms with Gasteiger partial charge in [-0.15, -0.1) is 0 Å². The van der Waals surface area contributed by atoms with Gasteiger partial charge in [0.2, 0.25) is 0 Å². The Bertz CT molecular complexity index is 557. The quantitative estimate of drug-likeness (QED) is 0.521. The van der Waals surface area contributed by atoms with Gasteiger partial charge < -0.3 is 9.84 Å². The predicted molar refractivity (Wildman–Crippen MR) is 62.8 cm³/mol. The molecule has 0 saturated carbocycles. The van der Waals surface area contributed by atoms with E-state index in [1.165, 1.54) is 0 Å². The average molecular weight is 328 g/mol. The normalized spacial score (nSPS) is 12.9. The highest BCUT2D eigenvalue weighted by molar-refractivity contribution is 5.87. The first-order chi connectivity index (χ1) is 9.83. The van der Waals surface area contributed by atoms with Crippen molar-refractivity contribution in [2.75, 3.05) is 0 Å². The van der Waals surface area contributed by atoms with Crippen LogP contribution in [0.25, 0.3) is 0 Å². The second-order valence-electron chi connectivity index (χ2n) is 4.39. The van der Waals surface area contributed by atoms with Crippen molar-refractivity contribution in [1.82, 2.24) is 0 Å². The standard InChI is InChI=1S/C13H10F6O3/c1-7(2)10(21)22-11(12(14,15)16,13(17,18)19)8-3-5-9(20)6-4-8/h3-6,20H,1H2,2H3. The van der Waals surface area contributed by atoms with Gasteiger partial charge in [0.05, 0.1) is 0 Å². The monoisotopic (exact) mass is 328 g/mol. The SMILES string of the molecule is C=C(C)C(=O)OC(c1ccc(O)cc1)(C(F)(F)F)C(F)(F)F. The van der Waals surface area contributed by atoms with E-state index >= 15 is 0 Å². The number of carbonyl (C=O) groups excluding carboxylic acids is 1. The molecule has 0 atom stereocenters. The number of hydrogen-bond donors (Lipinski definition) is 1. The molecule has 122 valence electrons. The first-order valence-corrected chi connectivity index (χ1v) is 5.64. The summed E-state index contributed by atoms with van der Waals surface area (Å²) in [7, 11) is 0. The molecule has 0 spiro atoms. The van der Waals surface area contributed by atoms with E-state index in [-0.39, 0.29) is 0 Å². The second-order valence-corrected chi connectivity index (χ2v) is 4.39. The predicted octanol–water partition coefficient (Wildman–Crippen LogP) is 3.83. The summed E-state index contributed by atoms with van der Waals surface area (Å²) in [6, 6.07) is 2.00. The van der Waals surface area contributed by atoms with Gasteiger partial charge in [-0.1, -0.05) is 18.7 Å². The zero-order valence-electron chi connectivity index (χ0n) is 11.0. The lowest BCUT2D eigenvalue weighted by molar-refractivity contribution is -0.376. The van der Waals surface area contributed by atoms with Crippen molar-refractivity contribution in [2.24, 2.45) is 0 Å². The van der Waals surface area contributed by atoms with Crippen LogP contribution in [0.3, 0.4) is 0 Å². The van der Waals surface area contributed by atoms with Gasteiger partial charge >= 0.3 is 23.9 Å². The molecule has 3 nitrogen and oxygen atoms in total. The maximum Gasteiger partial charge on any atom is 0.442 e. The Balaban J connectivity index is 3.63. The van der Waals surface area contributed by atoms with Crippen molar-refractivity contribution < 1.29 is 41.0 Å². The Kier molecular flexibility index (Phi) is 4.50. The van der Waals surface area contributed by atoms with Gasteiger partial charge in [0.1, 0.15) is 5.75 Å². The molecule has 0 bridgehead atoms. The summed E-state index contributed by atoms with van der Waals surface area (Å²) >= 11 is 0. The molecule has 1 aromatic carbocycles. The van der Waals surface area contributed by atoms with Gasteiger partial charge in [0.25, 0.3) is 0 Å². The number of ether oxygens (including phenoxy) is 1. The summed E-state index contributed by atoms with van der Waals surface area (Å²) in [5.41, 5.74) is -6.87. The van der Waals surface area contributed by atoms with E-state index in [1.54, 1.807) is 0 Å². The number of hydrogen-bond acceptors (Lipinski definition) is 3. The number of phenols is 1. The fourth-order valence-corrected chi connectivity index (χ4v) is 1.58. The highest BCUT2D eigenvalue weighted by Crippen LogP contribution is 2.53. The summed E-state index contributed by atoms with van der Waals surface area (Å²) in [6.07, 6.45) is -12.0. The average Bonchev–Trinajstić information content (AvgIpc) is 2.33. The number of halogens is 6. The molecular formula is C13H10F6O3. The van der Waals surface area contributed by atoms with Crippen LogP contribution in [0.1, 0.15) is 12.5 Å². The second kappa shape index (κ2) is 5.54. The van der Waals surface area contributed by atoms with Gasteiger partial charge in [-0.05, 0) is 19.1 Å². The van der Waals surface area contributed by atoms with Crippen LogP contribution in [-0.4, -0.2) is 23.4 Å². The molecule has 0 saturated heterocycles. The molecule has 0 fully saturated rings. The van der Waals surface area contributed by atoms with E-state index < -0.39 is 40.8 Å². The number of esters is 1. The molecule has 22 heavy (non-hydrogen) atoms. The first kappa shape index (κ1) is 17.9. The molecule has 0 amide bonds. The third kappa shape index (κ3) is 3.02. The fraction of sp³-hybridized carbons (Fsp3) is 0.308. The molecule has 0 aliphatic carbocycles. The van der Waals surface area contributed by atoms with Gasteiger partial charge in [-0.2, -0.15) is 26.3 Å². The Hall–Kier alpha value is -2.19. The molecule has 0 unspecified atom stereocenters. The van der Waals surface area contributed by atoms with Crippen LogP contribution >= 0.6 is 0 Å². The summed E-state index contributed by atoms with van der Waals surface area (Å²) in [5, 5.41) is 9.01. The molecule has 1 aromatic rings. The van der Waals surface area contributed by atoms with Crippen LogP contribution in [0, 0.1) is 0 Å². The highest BCUT2D eigenvalue weighted by Gasteiger charge is 2.75. The third-order valence-electron chi connectivity index (χ3n) is 2.67. The number of aromatic hydroxyl groups is 1. The van der Waals surface area contributed by atoms with Crippen LogP contribution in [0.2, 0.25) is 0 Å². The molecule has 0 aliphatic rings. The molecule has 0 aromatic heterocycles. The summed E-state index contributed by atoms with van der Waals surface area (Å²) in [5.74, 6) is -2.39. The lowest BCUT2D eigenvalue weighted by atomic mass is 9.91. The summed E-state index contributed by atoms with van der Waals surface area (Å²) in [6.45, 7) is 3.88. The third-order valence-corrected chi connectivity index (χ3v) is 2.67. The minimum Gasteiger partial charge on any atom is -0.508 e. The highest BCUT2D eigenvalue weighted by atomic mass is 19.4. The van der Waals surface area contributed by atoms with E-state index in [0.717, 1.165) is 6.92 Å². The Labute approximate surface area is 120 Å². The number of phenolic OH excluding ortho intramolecular Hbond substituents is 1. The van der Waals surface area contributed by atoms with Crippen LogP contribution in [0.15, 0.2) is 36.4 Å². The van der Waals surface area contributed by atoms with Crippen LogP contribution in [0.4, 0.5) is 26.3 Å². The van der Waals surface area contributed by atoms with Crippen LogP contribution < -0.4 is 0 Å². The maximum absolute atomic E-state index is 13.2. The number of carbonyl (C=O) groups is 1. The molecule has 1 N–H and O–H groups in total. The lowest BCUT2D eigenvalue weighted by Crippen LogP contribution is -2.57. The summed E-state index contributed by atoms with van der Waals surface area (Å²) in [4.78, 5) is 11.3. The number of rotatable bonds is 3. The van der Waals surface area contributed by atoms with E-state index in [9.17, 15) is 31.1 Å². The minimum atomic E-state index is -5.98. The number of alkyl halides is 6. The van der Waals surface area contributed by atoms with E-state index in [4.69, 9.17) is 5.11 Å². The van der Waals surface area contributed by atoms with E-state index in [1.807, 2.05) is 0 Å². The Morgan fingerprint density at radius 1 is 1.05 bits per heavy atom. The summed E-state index contributed by atoms with van der Waals surface area (Å²) < 4.78 is 82.9. The molecule has 0 heterocycles. The molecule has 0 aliphatic heterocycles. The van der Waals surface area contributed by atoms with E-state index in [0.29, 0.717) is 24.3 Å². The van der Waals surface area contributed by atoms with Crippen molar-refractivity contribution in [1.29, 1.82) is 0 Å². The van der Waals surface area contributed by atoms with Crippen LogP contribution in [-0.2, 0) is 15.1 Å². The molecular weight excluding hydrogens is 318 g/mol. The maximum atomic E-state index is 13.2. The Morgan fingerprint density at radius 2 is 1.45 bits per heavy atom. The molecule has 9 heteroatoms. The molecule has 0 radical (unpaired) electrons. The largest absolute Gasteiger partial charge is 0.508 e. The topological polar surface area (TPSA) is 46.5 Å². The smallest absolute Gasteiger partial charge is 0.442 e. The van der Waals surface area contributed by atoms with Crippen molar-refractivity contribution in [2.45, 2.75) is 24.9 Å². The van der Waals surface area contributed by atoms with Gasteiger partial charge in [-0.25, -0.2) is 4.79 Å². The van der Waals surface area contributed by atoms with Crippen molar-refractivity contribution in [3.05, 3.63) is 42.0 Å². The van der Waals surface area contributed by atoms with Crippen molar-refractivity contribution >= 4 is 5.97 Å². The lowest BCUT2D eigenvalue weighted by Gasteiger charge is -2.36. The minimum absolute atomic E-state index is 0.377. The van der Waals surface area contributed by atoms with Gasteiger partial charge in [0, 0.05) is 11.1 Å². The first-order valence-electron chi connectivity index (χ1n) is 5.64. The van der Waals surface area contributed by atoms with Gasteiger partial charge in [-0.3, -0.25) is 0 Å². The van der Waals surface area contributed by atoms with Gasteiger partial charge in [0.15, 0.2) is 0 Å². The molecule has 1 rings (SSSR count). The van der Waals surface area contributed by atoms with E-state index in [2.05, 4.69) is 11.3 Å². The Morgan fingerprint density at radius 3 is 1.77 bits per heavy atom. The van der Waals surface area contributed by atoms with Crippen molar-refractivity contribution in [3.8, 4) is 5.75 Å². The zero-order chi connectivity index (χ0) is 17.3. The number of benzene rings is 1. The van der Waals surface area contributed by atoms with Crippen molar-refractivity contribution in [3.63, 3.8) is 0 Å². The zero-order valence-corrected chi connectivity index (χ0v) is 11.0. The van der Waals surface area contributed by atoms with Crippen LogP contribution in [0.5, 0.6) is 5.75 Å². The fourth-order valence-electron chi connectivity index (χ4n) is 1.58.